The standard InChI is InChI=1S/C16H20F3NO3/c1-10(16(17,18)19)12(14(22)23-15(2,3)4)20-13(21)11-8-6-5-7-9-11/h5-10,12H,1-4H3,(H,20,21). The number of amides is 1. The Morgan fingerprint density at radius 3 is 2.04 bits per heavy atom. The molecule has 0 radical (unpaired) electrons. The van der Waals surface area contributed by atoms with Crippen LogP contribution in [0.4, 0.5) is 13.2 Å². The average Bonchev–Trinajstić information content (AvgIpc) is 2.41. The van der Waals surface area contributed by atoms with Gasteiger partial charge in [0, 0.05) is 5.56 Å². The Hall–Kier alpha value is -2.05. The van der Waals surface area contributed by atoms with Gasteiger partial charge >= 0.3 is 12.1 Å². The van der Waals surface area contributed by atoms with Gasteiger partial charge in [0.1, 0.15) is 11.6 Å². The van der Waals surface area contributed by atoms with Crippen LogP contribution in [-0.2, 0) is 9.53 Å². The Bertz CT molecular complexity index is 550. The summed E-state index contributed by atoms with van der Waals surface area (Å²) in [7, 11) is 0. The van der Waals surface area contributed by atoms with Crippen molar-refractivity contribution in [1.82, 2.24) is 5.32 Å². The molecule has 0 aromatic heterocycles. The fraction of sp³-hybridized carbons (Fsp3) is 0.500. The van der Waals surface area contributed by atoms with Gasteiger partial charge in [-0.15, -0.1) is 0 Å². The lowest BCUT2D eigenvalue weighted by molar-refractivity contribution is -0.190. The van der Waals surface area contributed by atoms with Crippen molar-refractivity contribution in [3.8, 4) is 0 Å². The van der Waals surface area contributed by atoms with Crippen LogP contribution in [0.25, 0.3) is 0 Å². The molecule has 1 aromatic rings. The lowest BCUT2D eigenvalue weighted by atomic mass is 10.0. The first kappa shape index (κ1) is 19.0. The molecule has 128 valence electrons. The maximum atomic E-state index is 13.0. The number of esters is 1. The summed E-state index contributed by atoms with van der Waals surface area (Å²) in [4.78, 5) is 24.1. The van der Waals surface area contributed by atoms with Gasteiger partial charge in [-0.1, -0.05) is 25.1 Å². The lowest BCUT2D eigenvalue weighted by Gasteiger charge is -2.29. The van der Waals surface area contributed by atoms with Crippen LogP contribution in [-0.4, -0.2) is 29.7 Å². The molecule has 0 aliphatic carbocycles. The van der Waals surface area contributed by atoms with E-state index >= 15 is 0 Å². The molecule has 2 atom stereocenters. The maximum Gasteiger partial charge on any atom is 0.394 e. The van der Waals surface area contributed by atoms with E-state index in [1.807, 2.05) is 0 Å². The van der Waals surface area contributed by atoms with Crippen LogP contribution in [0, 0.1) is 5.92 Å². The van der Waals surface area contributed by atoms with E-state index in [4.69, 9.17) is 4.74 Å². The highest BCUT2D eigenvalue weighted by molar-refractivity contribution is 5.96. The minimum absolute atomic E-state index is 0.162. The van der Waals surface area contributed by atoms with E-state index in [2.05, 4.69) is 5.32 Å². The molecule has 2 unspecified atom stereocenters. The number of halogens is 3. The van der Waals surface area contributed by atoms with Crippen LogP contribution in [0.3, 0.4) is 0 Å². The number of nitrogens with one attached hydrogen (secondary N) is 1. The molecule has 23 heavy (non-hydrogen) atoms. The SMILES string of the molecule is CC(C(NC(=O)c1ccccc1)C(=O)OC(C)(C)C)C(F)(F)F. The first-order valence-corrected chi connectivity index (χ1v) is 7.07. The minimum Gasteiger partial charge on any atom is -0.458 e. The highest BCUT2D eigenvalue weighted by Crippen LogP contribution is 2.29. The van der Waals surface area contributed by atoms with E-state index in [1.165, 1.54) is 12.1 Å². The van der Waals surface area contributed by atoms with Gasteiger partial charge in [-0.3, -0.25) is 4.79 Å². The van der Waals surface area contributed by atoms with E-state index in [0.29, 0.717) is 0 Å². The molecule has 0 saturated heterocycles. The zero-order chi connectivity index (χ0) is 17.8. The minimum atomic E-state index is -4.65. The molecule has 1 aromatic carbocycles. The van der Waals surface area contributed by atoms with Gasteiger partial charge < -0.3 is 10.1 Å². The Labute approximate surface area is 133 Å². The van der Waals surface area contributed by atoms with Crippen LogP contribution in [0.2, 0.25) is 0 Å². The number of rotatable bonds is 4. The average molecular weight is 331 g/mol. The van der Waals surface area contributed by atoms with Gasteiger partial charge in [0.05, 0.1) is 5.92 Å². The molecule has 4 nitrogen and oxygen atoms in total. The highest BCUT2D eigenvalue weighted by atomic mass is 19.4. The van der Waals surface area contributed by atoms with Crippen LogP contribution in [0.1, 0.15) is 38.1 Å². The molecule has 0 spiro atoms. The second-order valence-electron chi connectivity index (χ2n) is 6.18. The third-order valence-corrected chi connectivity index (χ3v) is 3.00. The van der Waals surface area contributed by atoms with Crippen molar-refractivity contribution in [1.29, 1.82) is 0 Å². The third-order valence-electron chi connectivity index (χ3n) is 3.00. The summed E-state index contributed by atoms with van der Waals surface area (Å²) in [6.45, 7) is 5.46. The van der Waals surface area contributed by atoms with Crippen molar-refractivity contribution in [2.75, 3.05) is 0 Å². The molecule has 0 aliphatic rings. The number of benzene rings is 1. The zero-order valence-electron chi connectivity index (χ0n) is 13.4. The number of carbonyl (C=O) groups is 2. The summed E-state index contributed by atoms with van der Waals surface area (Å²) in [6.07, 6.45) is -4.65. The monoisotopic (exact) mass is 331 g/mol. The number of ether oxygens (including phenoxy) is 1. The third kappa shape index (κ3) is 5.92. The Kier molecular flexibility index (Phi) is 5.80. The molecule has 7 heteroatoms. The van der Waals surface area contributed by atoms with Gasteiger partial charge in [-0.05, 0) is 32.9 Å². The first-order valence-electron chi connectivity index (χ1n) is 7.07. The zero-order valence-corrected chi connectivity index (χ0v) is 13.4. The molecule has 1 amide bonds. The van der Waals surface area contributed by atoms with E-state index in [9.17, 15) is 22.8 Å². The van der Waals surface area contributed by atoms with Gasteiger partial charge in [0.25, 0.3) is 5.91 Å². The summed E-state index contributed by atoms with van der Waals surface area (Å²) < 4.78 is 44.0. The van der Waals surface area contributed by atoms with Crippen LogP contribution in [0.5, 0.6) is 0 Å². The largest absolute Gasteiger partial charge is 0.458 e. The van der Waals surface area contributed by atoms with Crippen molar-refractivity contribution in [2.24, 2.45) is 5.92 Å². The highest BCUT2D eigenvalue weighted by Gasteiger charge is 2.46. The lowest BCUT2D eigenvalue weighted by Crippen LogP contribution is -2.51. The van der Waals surface area contributed by atoms with Gasteiger partial charge in [0.15, 0.2) is 0 Å². The fourth-order valence-corrected chi connectivity index (χ4v) is 1.76. The van der Waals surface area contributed by atoms with E-state index in [1.54, 1.807) is 39.0 Å². The molecule has 0 heterocycles. The quantitative estimate of drug-likeness (QED) is 0.861. The molecule has 0 bridgehead atoms. The predicted molar refractivity (Wildman–Crippen MR) is 78.8 cm³/mol. The van der Waals surface area contributed by atoms with E-state index < -0.39 is 35.6 Å². The number of alkyl halides is 3. The Morgan fingerprint density at radius 1 is 1.09 bits per heavy atom. The van der Waals surface area contributed by atoms with Crippen molar-refractivity contribution >= 4 is 11.9 Å². The van der Waals surface area contributed by atoms with Crippen LogP contribution >= 0.6 is 0 Å². The fourth-order valence-electron chi connectivity index (χ4n) is 1.76. The second-order valence-corrected chi connectivity index (χ2v) is 6.18. The van der Waals surface area contributed by atoms with Crippen molar-refractivity contribution in [3.63, 3.8) is 0 Å². The second kappa shape index (κ2) is 7.02. The normalized spacial score (nSPS) is 14.7. The van der Waals surface area contributed by atoms with Gasteiger partial charge in [-0.25, -0.2) is 4.79 Å². The van der Waals surface area contributed by atoms with Crippen molar-refractivity contribution < 1.29 is 27.5 Å². The maximum absolute atomic E-state index is 13.0. The van der Waals surface area contributed by atoms with E-state index in [0.717, 1.165) is 6.92 Å². The number of hydrogen-bond acceptors (Lipinski definition) is 3. The Balaban J connectivity index is 3.00. The summed E-state index contributed by atoms with van der Waals surface area (Å²) in [5.74, 6) is -3.96. The molecular weight excluding hydrogens is 311 g/mol. The number of carbonyl (C=O) groups excluding carboxylic acids is 2. The molecular formula is C16H20F3NO3. The van der Waals surface area contributed by atoms with Crippen molar-refractivity contribution in [2.45, 2.75) is 45.5 Å². The summed E-state index contributed by atoms with van der Waals surface area (Å²) in [5, 5.41) is 2.13. The molecule has 0 aliphatic heterocycles. The van der Waals surface area contributed by atoms with Gasteiger partial charge in [0.2, 0.25) is 0 Å². The number of hydrogen-bond donors (Lipinski definition) is 1. The smallest absolute Gasteiger partial charge is 0.394 e. The summed E-state index contributed by atoms with van der Waals surface area (Å²) >= 11 is 0. The molecule has 0 fully saturated rings. The van der Waals surface area contributed by atoms with Crippen LogP contribution in [0.15, 0.2) is 30.3 Å². The Morgan fingerprint density at radius 2 is 1.61 bits per heavy atom. The molecule has 0 saturated carbocycles. The summed E-state index contributed by atoms with van der Waals surface area (Å²) in [6, 6.07) is 5.89. The predicted octanol–water partition coefficient (Wildman–Crippen LogP) is 3.33. The molecule has 1 N–H and O–H groups in total. The molecule has 1 rings (SSSR count). The van der Waals surface area contributed by atoms with Crippen molar-refractivity contribution in [3.05, 3.63) is 35.9 Å². The van der Waals surface area contributed by atoms with Gasteiger partial charge in [-0.2, -0.15) is 13.2 Å². The van der Waals surface area contributed by atoms with Crippen LogP contribution < -0.4 is 5.32 Å². The topological polar surface area (TPSA) is 55.4 Å². The van der Waals surface area contributed by atoms with E-state index in [-0.39, 0.29) is 5.56 Å². The summed E-state index contributed by atoms with van der Waals surface area (Å²) in [5.41, 5.74) is -0.798. The first-order chi connectivity index (χ1) is 10.4.